The average molecular weight is 441 g/mol. The van der Waals surface area contributed by atoms with Crippen molar-refractivity contribution in [3.63, 3.8) is 0 Å². The molecule has 2 aliphatic rings. The summed E-state index contributed by atoms with van der Waals surface area (Å²) in [6, 6.07) is 11.6. The average Bonchev–Trinajstić information content (AvgIpc) is 3.34. The minimum atomic E-state index is -0.659. The van der Waals surface area contributed by atoms with E-state index in [4.69, 9.17) is 9.47 Å². The van der Waals surface area contributed by atoms with Crippen LogP contribution in [0.15, 0.2) is 42.5 Å². The molecule has 0 radical (unpaired) electrons. The Morgan fingerprint density at radius 3 is 2.22 bits per heavy atom. The van der Waals surface area contributed by atoms with Gasteiger partial charge in [-0.25, -0.2) is 4.39 Å². The Kier molecular flexibility index (Phi) is 6.35. The van der Waals surface area contributed by atoms with E-state index in [-0.39, 0.29) is 17.6 Å². The molecule has 1 saturated carbocycles. The van der Waals surface area contributed by atoms with Crippen molar-refractivity contribution in [3.8, 4) is 11.5 Å². The molecule has 2 aromatic carbocycles. The van der Waals surface area contributed by atoms with E-state index in [0.717, 1.165) is 31.2 Å². The van der Waals surface area contributed by atoms with Crippen LogP contribution in [-0.2, 0) is 10.2 Å². The van der Waals surface area contributed by atoms with Gasteiger partial charge in [0.1, 0.15) is 17.3 Å². The maximum Gasteiger partial charge on any atom is 0.257 e. The van der Waals surface area contributed by atoms with Crippen LogP contribution in [-0.4, -0.2) is 62.0 Å². The highest BCUT2D eigenvalue weighted by Gasteiger charge is 2.45. The van der Waals surface area contributed by atoms with Gasteiger partial charge >= 0.3 is 0 Å². The number of rotatable bonds is 5. The van der Waals surface area contributed by atoms with E-state index in [1.807, 2.05) is 11.0 Å². The number of carbonyl (C=O) groups excluding carboxylic acids is 2. The van der Waals surface area contributed by atoms with Gasteiger partial charge in [-0.15, -0.1) is 0 Å². The van der Waals surface area contributed by atoms with E-state index in [2.05, 4.69) is 0 Å². The Morgan fingerprint density at radius 2 is 1.59 bits per heavy atom. The Bertz CT molecular complexity index is 995. The maximum atomic E-state index is 13.9. The van der Waals surface area contributed by atoms with Crippen molar-refractivity contribution in [2.75, 3.05) is 40.4 Å². The predicted octanol–water partition coefficient (Wildman–Crippen LogP) is 3.64. The van der Waals surface area contributed by atoms with Crippen molar-refractivity contribution in [1.29, 1.82) is 0 Å². The lowest BCUT2D eigenvalue weighted by Gasteiger charge is -2.40. The van der Waals surface area contributed by atoms with Gasteiger partial charge in [-0.2, -0.15) is 0 Å². The molecule has 1 aliphatic heterocycles. The monoisotopic (exact) mass is 440 g/mol. The number of hydrogen-bond acceptors (Lipinski definition) is 4. The molecule has 2 amide bonds. The number of benzene rings is 2. The molecule has 0 unspecified atom stereocenters. The molecular weight excluding hydrogens is 411 g/mol. The second-order valence-corrected chi connectivity index (χ2v) is 8.45. The molecule has 170 valence electrons. The molecule has 6 nitrogen and oxygen atoms in total. The molecule has 0 bridgehead atoms. The van der Waals surface area contributed by atoms with Crippen molar-refractivity contribution in [2.45, 2.75) is 31.1 Å². The van der Waals surface area contributed by atoms with Crippen LogP contribution in [0.4, 0.5) is 4.39 Å². The third-order valence-corrected chi connectivity index (χ3v) is 6.74. The molecule has 2 fully saturated rings. The Balaban J connectivity index is 1.47. The Hall–Kier alpha value is -3.09. The molecule has 1 heterocycles. The summed E-state index contributed by atoms with van der Waals surface area (Å²) < 4.78 is 24.5. The molecule has 32 heavy (non-hydrogen) atoms. The van der Waals surface area contributed by atoms with Gasteiger partial charge in [-0.05, 0) is 42.7 Å². The molecule has 0 N–H and O–H groups in total. The van der Waals surface area contributed by atoms with E-state index in [9.17, 15) is 14.0 Å². The maximum absolute atomic E-state index is 13.9. The first-order valence-corrected chi connectivity index (χ1v) is 11.1. The first-order chi connectivity index (χ1) is 15.5. The fraction of sp³-hybridized carbons (Fsp3) is 0.440. The molecule has 0 atom stereocenters. The predicted molar refractivity (Wildman–Crippen MR) is 119 cm³/mol. The van der Waals surface area contributed by atoms with E-state index in [1.165, 1.54) is 19.2 Å². The zero-order valence-electron chi connectivity index (χ0n) is 18.6. The molecule has 0 aromatic heterocycles. The van der Waals surface area contributed by atoms with Crippen LogP contribution in [0.5, 0.6) is 11.5 Å². The minimum Gasteiger partial charge on any atom is -0.497 e. The molecule has 7 heteroatoms. The first-order valence-electron chi connectivity index (χ1n) is 11.1. The first kappa shape index (κ1) is 22.1. The summed E-state index contributed by atoms with van der Waals surface area (Å²) >= 11 is 0. The number of halogens is 1. The zero-order valence-corrected chi connectivity index (χ0v) is 18.6. The number of carbonyl (C=O) groups is 2. The normalized spacial score (nSPS) is 17.8. The lowest BCUT2D eigenvalue weighted by atomic mass is 9.77. The lowest BCUT2D eigenvalue weighted by molar-refractivity contribution is -0.138. The van der Waals surface area contributed by atoms with Gasteiger partial charge in [0, 0.05) is 32.2 Å². The summed E-state index contributed by atoms with van der Waals surface area (Å²) in [4.78, 5) is 30.3. The van der Waals surface area contributed by atoms with E-state index in [0.29, 0.717) is 43.2 Å². The van der Waals surface area contributed by atoms with Crippen molar-refractivity contribution < 1.29 is 23.5 Å². The van der Waals surface area contributed by atoms with Gasteiger partial charge in [0.05, 0.1) is 25.2 Å². The number of nitrogens with zero attached hydrogens (tertiary/aromatic N) is 2. The summed E-state index contributed by atoms with van der Waals surface area (Å²) in [6.07, 6.45) is 3.38. The fourth-order valence-electron chi connectivity index (χ4n) is 4.95. The highest BCUT2D eigenvalue weighted by atomic mass is 19.1. The third-order valence-electron chi connectivity index (χ3n) is 6.74. The SMILES string of the molecule is COc1ccc(C(=O)N2CCN(C(=O)C3(c4cccc(F)c4)CCCC3)CC2)c(OC)c1. The number of amides is 2. The number of hydrogen-bond donors (Lipinski definition) is 0. The van der Waals surface area contributed by atoms with Gasteiger partial charge in [-0.1, -0.05) is 25.0 Å². The second kappa shape index (κ2) is 9.18. The van der Waals surface area contributed by atoms with Crippen molar-refractivity contribution in [1.82, 2.24) is 9.80 Å². The van der Waals surface area contributed by atoms with Gasteiger partial charge in [0.2, 0.25) is 5.91 Å². The smallest absolute Gasteiger partial charge is 0.257 e. The van der Waals surface area contributed by atoms with E-state index >= 15 is 0 Å². The van der Waals surface area contributed by atoms with Crippen LogP contribution >= 0.6 is 0 Å². The molecule has 1 saturated heterocycles. The molecule has 4 rings (SSSR count). The van der Waals surface area contributed by atoms with Gasteiger partial charge in [0.25, 0.3) is 5.91 Å². The summed E-state index contributed by atoms with van der Waals surface area (Å²) in [7, 11) is 3.09. The van der Waals surface area contributed by atoms with Gasteiger partial charge in [0.15, 0.2) is 0 Å². The van der Waals surface area contributed by atoms with Crippen LogP contribution in [0.25, 0.3) is 0 Å². The minimum absolute atomic E-state index is 0.0507. The van der Waals surface area contributed by atoms with Crippen LogP contribution in [0.3, 0.4) is 0 Å². The number of methoxy groups -OCH3 is 2. The second-order valence-electron chi connectivity index (χ2n) is 8.45. The fourth-order valence-corrected chi connectivity index (χ4v) is 4.95. The highest BCUT2D eigenvalue weighted by molar-refractivity contribution is 5.97. The molecular formula is C25H29FN2O4. The van der Waals surface area contributed by atoms with Crippen LogP contribution < -0.4 is 9.47 Å². The molecule has 1 aliphatic carbocycles. The van der Waals surface area contributed by atoms with Crippen LogP contribution in [0.2, 0.25) is 0 Å². The highest BCUT2D eigenvalue weighted by Crippen LogP contribution is 2.43. The topological polar surface area (TPSA) is 59.1 Å². The van der Waals surface area contributed by atoms with Crippen LogP contribution in [0.1, 0.15) is 41.6 Å². The lowest BCUT2D eigenvalue weighted by Crippen LogP contribution is -2.55. The van der Waals surface area contributed by atoms with E-state index < -0.39 is 5.41 Å². The van der Waals surface area contributed by atoms with Crippen molar-refractivity contribution >= 4 is 11.8 Å². The zero-order chi connectivity index (χ0) is 22.7. The van der Waals surface area contributed by atoms with E-state index in [1.54, 1.807) is 36.3 Å². The molecule has 0 spiro atoms. The summed E-state index contributed by atoms with van der Waals surface area (Å²) in [5, 5.41) is 0. The van der Waals surface area contributed by atoms with Crippen LogP contribution in [0, 0.1) is 5.82 Å². The van der Waals surface area contributed by atoms with Crippen molar-refractivity contribution in [3.05, 3.63) is 59.4 Å². The number of piperazine rings is 1. The van der Waals surface area contributed by atoms with Gasteiger partial charge < -0.3 is 19.3 Å². The Labute approximate surface area is 187 Å². The number of ether oxygens (including phenoxy) is 2. The van der Waals surface area contributed by atoms with Crippen molar-refractivity contribution in [2.24, 2.45) is 0 Å². The quantitative estimate of drug-likeness (QED) is 0.712. The largest absolute Gasteiger partial charge is 0.497 e. The summed E-state index contributed by atoms with van der Waals surface area (Å²) in [5.74, 6) is 0.689. The third kappa shape index (κ3) is 4.04. The Morgan fingerprint density at radius 1 is 0.906 bits per heavy atom. The summed E-state index contributed by atoms with van der Waals surface area (Å²) in [5.41, 5.74) is 0.578. The standard InChI is InChI=1S/C25H29FN2O4/c1-31-20-8-9-21(22(17-20)32-2)23(29)27-12-14-28(15-13-27)24(30)25(10-3-4-11-25)18-6-5-7-19(26)16-18/h5-9,16-17H,3-4,10-15H2,1-2H3. The van der Waals surface area contributed by atoms with Gasteiger partial charge in [-0.3, -0.25) is 9.59 Å². The molecule has 2 aromatic rings. The summed E-state index contributed by atoms with van der Waals surface area (Å²) in [6.45, 7) is 1.80.